The zero-order chi connectivity index (χ0) is 20.1. The smallest absolute Gasteiger partial charge is 0.118 e. The molecule has 0 aliphatic carbocycles. The van der Waals surface area contributed by atoms with Gasteiger partial charge in [-0.2, -0.15) is 5.10 Å². The van der Waals surface area contributed by atoms with Crippen LogP contribution in [-0.4, -0.2) is 57.0 Å². The van der Waals surface area contributed by atoms with Crippen molar-refractivity contribution in [1.29, 1.82) is 0 Å². The average Bonchev–Trinajstić information content (AvgIpc) is 3.02. The van der Waals surface area contributed by atoms with Gasteiger partial charge in [-0.05, 0) is 46.1 Å². The Balaban J connectivity index is 0.000000279. The molecule has 2 N–H and O–H groups in total. The zero-order valence-corrected chi connectivity index (χ0v) is 17.0. The molecule has 27 heavy (non-hydrogen) atoms. The number of hydrogen-bond donors (Lipinski definition) is 2. The van der Waals surface area contributed by atoms with Crippen LogP contribution < -0.4 is 5.46 Å². The maximum Gasteiger partial charge on any atom is 0.118 e. The van der Waals surface area contributed by atoms with Gasteiger partial charge in [0.25, 0.3) is 0 Å². The number of benzene rings is 1. The number of likely N-dealkylation sites (tertiary alicyclic amines) is 1. The lowest BCUT2D eigenvalue weighted by atomic mass is 9.90. The first-order valence-corrected chi connectivity index (χ1v) is 9.57. The number of aliphatic hydroxyl groups is 2. The van der Waals surface area contributed by atoms with E-state index in [4.69, 9.17) is 18.1 Å². The molecule has 0 unspecified atom stereocenters. The van der Waals surface area contributed by atoms with Crippen molar-refractivity contribution in [2.75, 3.05) is 13.1 Å². The molecule has 1 aromatic heterocycles. The van der Waals surface area contributed by atoms with E-state index >= 15 is 0 Å². The molecule has 1 aliphatic heterocycles. The van der Waals surface area contributed by atoms with Crippen LogP contribution in [0.5, 0.6) is 0 Å². The largest absolute Gasteiger partial charge is 0.387 e. The van der Waals surface area contributed by atoms with Gasteiger partial charge in [0, 0.05) is 32.0 Å². The van der Waals surface area contributed by atoms with Crippen LogP contribution >= 0.6 is 0 Å². The van der Waals surface area contributed by atoms with Crippen LogP contribution in [0.2, 0.25) is 0 Å². The predicted octanol–water partition coefficient (Wildman–Crippen LogP) is 2.04. The van der Waals surface area contributed by atoms with E-state index < -0.39 is 11.2 Å². The lowest BCUT2D eigenvalue weighted by Gasteiger charge is -2.32. The van der Waals surface area contributed by atoms with Crippen LogP contribution in [0.1, 0.15) is 52.1 Å². The van der Waals surface area contributed by atoms with E-state index in [0.29, 0.717) is 6.04 Å². The molecule has 1 aromatic carbocycles. The van der Waals surface area contributed by atoms with E-state index in [0.717, 1.165) is 37.9 Å². The molecule has 3 rings (SSSR count). The van der Waals surface area contributed by atoms with Crippen molar-refractivity contribution in [1.82, 2.24) is 14.7 Å². The summed E-state index contributed by atoms with van der Waals surface area (Å²) < 4.78 is 2.02. The predicted molar refractivity (Wildman–Crippen MR) is 110 cm³/mol. The number of aromatic nitrogens is 2. The molecule has 0 atom stereocenters. The van der Waals surface area contributed by atoms with Crippen LogP contribution in [0.4, 0.5) is 0 Å². The first-order valence-electron chi connectivity index (χ1n) is 9.57. The normalized spacial score (nSPS) is 16.7. The second-order valence-corrected chi connectivity index (χ2v) is 8.36. The summed E-state index contributed by atoms with van der Waals surface area (Å²) in [5.41, 5.74) is 0.135. The third kappa shape index (κ3) is 6.80. The molecular formula is C21H32BN3O2. The fraction of sp³-hybridized carbons (Fsp3) is 0.571. The van der Waals surface area contributed by atoms with E-state index in [-0.39, 0.29) is 0 Å². The van der Waals surface area contributed by atoms with Gasteiger partial charge in [-0.25, -0.2) is 0 Å². The molecule has 1 fully saturated rings. The molecule has 1 aliphatic rings. The van der Waals surface area contributed by atoms with Crippen molar-refractivity contribution in [2.24, 2.45) is 0 Å². The Morgan fingerprint density at radius 2 is 1.59 bits per heavy atom. The Hall–Kier alpha value is -1.63. The molecule has 0 spiro atoms. The van der Waals surface area contributed by atoms with Crippen LogP contribution in [0.3, 0.4) is 0 Å². The highest BCUT2D eigenvalue weighted by atomic mass is 16.3. The fourth-order valence-electron chi connectivity index (χ4n) is 2.74. The molecular weight excluding hydrogens is 337 g/mol. The third-order valence-electron chi connectivity index (χ3n) is 5.30. The summed E-state index contributed by atoms with van der Waals surface area (Å²) in [4.78, 5) is 2.51. The van der Waals surface area contributed by atoms with Crippen molar-refractivity contribution in [3.63, 3.8) is 0 Å². The van der Waals surface area contributed by atoms with Crippen LogP contribution in [-0.2, 0) is 6.54 Å². The maximum absolute atomic E-state index is 9.10. The second-order valence-electron chi connectivity index (χ2n) is 8.36. The fourth-order valence-corrected chi connectivity index (χ4v) is 2.74. The monoisotopic (exact) mass is 369 g/mol. The Morgan fingerprint density at radius 1 is 1.04 bits per heavy atom. The summed E-state index contributed by atoms with van der Waals surface area (Å²) >= 11 is 0. The van der Waals surface area contributed by atoms with Gasteiger partial charge >= 0.3 is 0 Å². The first-order chi connectivity index (χ1) is 12.6. The first kappa shape index (κ1) is 21.7. The van der Waals surface area contributed by atoms with Crippen molar-refractivity contribution in [3.8, 4) is 0 Å². The summed E-state index contributed by atoms with van der Waals surface area (Å²) in [6.45, 7) is 9.60. The van der Waals surface area contributed by atoms with E-state index in [1.807, 2.05) is 10.9 Å². The minimum atomic E-state index is -1.01. The Morgan fingerprint density at radius 3 is 2.04 bits per heavy atom. The van der Waals surface area contributed by atoms with Gasteiger partial charge in [-0.15, -0.1) is 0 Å². The van der Waals surface area contributed by atoms with Crippen LogP contribution in [0, 0.1) is 0 Å². The highest BCUT2D eigenvalue weighted by molar-refractivity contribution is 6.31. The maximum atomic E-state index is 9.10. The highest BCUT2D eigenvalue weighted by Gasteiger charge is 2.31. The number of hydrogen-bond acceptors (Lipinski definition) is 4. The topological polar surface area (TPSA) is 61.5 Å². The second kappa shape index (κ2) is 9.04. The molecule has 2 radical (unpaired) electrons. The lowest BCUT2D eigenvalue weighted by molar-refractivity contribution is -0.107. The summed E-state index contributed by atoms with van der Waals surface area (Å²) in [5, 5.41) is 22.5. The van der Waals surface area contributed by atoms with Gasteiger partial charge in [0.15, 0.2) is 0 Å². The summed E-state index contributed by atoms with van der Waals surface area (Å²) in [7, 11) is 5.72. The summed E-state index contributed by atoms with van der Waals surface area (Å²) in [5.74, 6) is 0. The van der Waals surface area contributed by atoms with Crippen molar-refractivity contribution >= 4 is 13.3 Å². The van der Waals surface area contributed by atoms with E-state index in [1.165, 1.54) is 5.56 Å². The van der Waals surface area contributed by atoms with Gasteiger partial charge in [0.1, 0.15) is 7.85 Å². The SMILES string of the molecule is CC(C)(O)C(C)(C)O.[B]c1cnn(C2CCN(Cc3ccccc3)CC2)c1. The van der Waals surface area contributed by atoms with Gasteiger partial charge in [-0.3, -0.25) is 9.58 Å². The molecule has 0 saturated carbocycles. The van der Waals surface area contributed by atoms with Gasteiger partial charge in [0.2, 0.25) is 0 Å². The zero-order valence-electron chi connectivity index (χ0n) is 17.0. The lowest BCUT2D eigenvalue weighted by Crippen LogP contribution is -2.44. The summed E-state index contributed by atoms with van der Waals surface area (Å²) in [6.07, 6.45) is 5.97. The minimum absolute atomic E-state index is 0.504. The average molecular weight is 369 g/mol. The Labute approximate surface area is 164 Å². The number of piperidine rings is 1. The van der Waals surface area contributed by atoms with Gasteiger partial charge in [-0.1, -0.05) is 35.8 Å². The molecule has 6 heteroatoms. The van der Waals surface area contributed by atoms with Crippen LogP contribution in [0.25, 0.3) is 0 Å². The van der Waals surface area contributed by atoms with Crippen molar-refractivity contribution in [3.05, 3.63) is 48.3 Å². The van der Waals surface area contributed by atoms with Crippen LogP contribution in [0.15, 0.2) is 42.7 Å². The van der Waals surface area contributed by atoms with E-state index in [9.17, 15) is 0 Å². The van der Waals surface area contributed by atoms with Crippen molar-refractivity contribution in [2.45, 2.75) is 64.3 Å². The number of rotatable bonds is 4. The molecule has 0 bridgehead atoms. The molecule has 0 amide bonds. The molecule has 146 valence electrons. The standard InChI is InChI=1S/C15H18BN3.C6H14O2/c16-14-10-17-19(12-14)15-6-8-18(9-7-15)11-13-4-2-1-3-5-13;1-5(2,7)6(3,4)8/h1-5,10,12,15H,6-9,11H2;7-8H,1-4H3. The molecule has 2 aromatic rings. The quantitative estimate of drug-likeness (QED) is 0.810. The Bertz CT molecular complexity index is 669. The van der Waals surface area contributed by atoms with Crippen molar-refractivity contribution < 1.29 is 10.2 Å². The molecule has 1 saturated heterocycles. The summed E-state index contributed by atoms with van der Waals surface area (Å²) in [6, 6.07) is 11.2. The Kier molecular flexibility index (Phi) is 7.26. The molecule has 2 heterocycles. The van der Waals surface area contributed by atoms with E-state index in [1.54, 1.807) is 33.9 Å². The number of nitrogens with zero attached hydrogens (tertiary/aromatic N) is 3. The van der Waals surface area contributed by atoms with Gasteiger partial charge < -0.3 is 10.2 Å². The van der Waals surface area contributed by atoms with E-state index in [2.05, 4.69) is 40.3 Å². The van der Waals surface area contributed by atoms with Gasteiger partial charge in [0.05, 0.1) is 17.2 Å². The molecule has 5 nitrogen and oxygen atoms in total. The third-order valence-corrected chi connectivity index (χ3v) is 5.30. The highest BCUT2D eigenvalue weighted by Crippen LogP contribution is 2.22. The minimum Gasteiger partial charge on any atom is -0.387 e.